The van der Waals surface area contributed by atoms with Crippen LogP contribution in [0.1, 0.15) is 25.3 Å². The highest BCUT2D eigenvalue weighted by Crippen LogP contribution is 2.08. The Hall–Kier alpha value is -1.02. The number of benzene rings is 1. The molecule has 1 aromatic carbocycles. The van der Waals surface area contributed by atoms with E-state index in [4.69, 9.17) is 4.74 Å². The highest BCUT2D eigenvalue weighted by molar-refractivity contribution is 5.45. The summed E-state index contributed by atoms with van der Waals surface area (Å²) < 4.78 is 5.46. The molecule has 2 nitrogen and oxygen atoms in total. The predicted octanol–water partition coefficient (Wildman–Crippen LogP) is 3.22. The van der Waals surface area contributed by atoms with Crippen molar-refractivity contribution in [3.63, 3.8) is 0 Å². The van der Waals surface area contributed by atoms with Gasteiger partial charge in [0.1, 0.15) is 0 Å². The molecule has 2 heteroatoms. The van der Waals surface area contributed by atoms with Gasteiger partial charge in [0.2, 0.25) is 0 Å². The molecule has 0 aromatic heterocycles. The minimum Gasteiger partial charge on any atom is -0.383 e. The zero-order valence-corrected chi connectivity index (χ0v) is 9.75. The van der Waals surface area contributed by atoms with Crippen molar-refractivity contribution in [2.45, 2.75) is 26.7 Å². The lowest BCUT2D eigenvalue weighted by Gasteiger charge is -2.07. The van der Waals surface area contributed by atoms with E-state index in [9.17, 15) is 0 Å². The van der Waals surface area contributed by atoms with Crippen molar-refractivity contribution in [1.82, 2.24) is 0 Å². The Morgan fingerprint density at radius 1 is 1.27 bits per heavy atom. The maximum absolute atomic E-state index is 5.46. The summed E-state index contributed by atoms with van der Waals surface area (Å²) in [6, 6.07) is 8.39. The van der Waals surface area contributed by atoms with E-state index in [0.29, 0.717) is 0 Å². The Labute approximate surface area is 92.6 Å². The van der Waals surface area contributed by atoms with Crippen molar-refractivity contribution in [2.75, 3.05) is 25.1 Å². The molecule has 0 amide bonds. The predicted molar refractivity (Wildman–Crippen MR) is 65.4 cm³/mol. The molecule has 84 valence electrons. The molecular weight excluding hydrogens is 186 g/mol. The molecule has 0 bridgehead atoms. The van der Waals surface area contributed by atoms with Crippen molar-refractivity contribution in [1.29, 1.82) is 0 Å². The third kappa shape index (κ3) is 5.43. The second-order valence-electron chi connectivity index (χ2n) is 3.76. The van der Waals surface area contributed by atoms with Crippen LogP contribution in [0.2, 0.25) is 0 Å². The summed E-state index contributed by atoms with van der Waals surface area (Å²) in [5, 5.41) is 3.34. The lowest BCUT2D eigenvalue weighted by Crippen LogP contribution is -2.09. The third-order valence-electron chi connectivity index (χ3n) is 2.24. The number of ether oxygens (including phenoxy) is 1. The third-order valence-corrected chi connectivity index (χ3v) is 2.24. The molecular formula is C13H21NO. The summed E-state index contributed by atoms with van der Waals surface area (Å²) in [5.74, 6) is 0. The van der Waals surface area contributed by atoms with Crippen LogP contribution in [-0.2, 0) is 4.74 Å². The largest absolute Gasteiger partial charge is 0.383 e. The Morgan fingerprint density at radius 2 is 2.13 bits per heavy atom. The van der Waals surface area contributed by atoms with Crippen molar-refractivity contribution in [2.24, 2.45) is 0 Å². The maximum atomic E-state index is 5.46. The number of unbranched alkanes of at least 4 members (excludes halogenated alkanes) is 1. The highest BCUT2D eigenvalue weighted by Gasteiger charge is 1.91. The summed E-state index contributed by atoms with van der Waals surface area (Å²) in [5.41, 5.74) is 2.46. The highest BCUT2D eigenvalue weighted by atomic mass is 16.5. The Morgan fingerprint density at radius 3 is 2.87 bits per heavy atom. The Kier molecular flexibility index (Phi) is 5.86. The van der Waals surface area contributed by atoms with Crippen LogP contribution < -0.4 is 5.32 Å². The fourth-order valence-corrected chi connectivity index (χ4v) is 1.37. The number of aryl methyl sites for hydroxylation is 1. The van der Waals surface area contributed by atoms with Crippen LogP contribution in [0.15, 0.2) is 24.3 Å². The fraction of sp³-hybridized carbons (Fsp3) is 0.538. The van der Waals surface area contributed by atoms with Gasteiger partial charge in [0, 0.05) is 18.8 Å². The van der Waals surface area contributed by atoms with Gasteiger partial charge in [0.15, 0.2) is 0 Å². The number of hydrogen-bond donors (Lipinski definition) is 1. The molecule has 0 atom stereocenters. The van der Waals surface area contributed by atoms with E-state index in [0.717, 1.165) is 26.2 Å². The maximum Gasteiger partial charge on any atom is 0.0639 e. The van der Waals surface area contributed by atoms with Crippen LogP contribution in [0.3, 0.4) is 0 Å². The van der Waals surface area contributed by atoms with Crippen LogP contribution in [0.4, 0.5) is 5.69 Å². The Balaban J connectivity index is 2.10. The lowest BCUT2D eigenvalue weighted by atomic mass is 10.2. The molecule has 1 N–H and O–H groups in total. The fourth-order valence-electron chi connectivity index (χ4n) is 1.37. The van der Waals surface area contributed by atoms with Crippen LogP contribution in [0.25, 0.3) is 0 Å². The van der Waals surface area contributed by atoms with Crippen LogP contribution in [0, 0.1) is 6.92 Å². The minimum atomic E-state index is 0.786. The molecule has 0 fully saturated rings. The second kappa shape index (κ2) is 7.30. The normalized spacial score (nSPS) is 10.3. The zero-order valence-electron chi connectivity index (χ0n) is 9.75. The molecule has 1 rings (SSSR count). The molecule has 0 radical (unpaired) electrons. The number of hydrogen-bond acceptors (Lipinski definition) is 2. The molecule has 0 saturated carbocycles. The van der Waals surface area contributed by atoms with Crippen molar-refractivity contribution >= 4 is 5.69 Å². The van der Waals surface area contributed by atoms with Gasteiger partial charge in [0.05, 0.1) is 6.61 Å². The van der Waals surface area contributed by atoms with Gasteiger partial charge in [-0.3, -0.25) is 0 Å². The minimum absolute atomic E-state index is 0.786. The first kappa shape index (κ1) is 12.1. The first-order chi connectivity index (χ1) is 7.33. The summed E-state index contributed by atoms with van der Waals surface area (Å²) in [6.07, 6.45) is 2.36. The van der Waals surface area contributed by atoms with Gasteiger partial charge < -0.3 is 10.1 Å². The van der Waals surface area contributed by atoms with Crippen molar-refractivity contribution in [3.8, 4) is 0 Å². The van der Waals surface area contributed by atoms with E-state index < -0.39 is 0 Å². The van der Waals surface area contributed by atoms with E-state index in [1.807, 2.05) is 0 Å². The molecule has 0 unspecified atom stereocenters. The molecule has 15 heavy (non-hydrogen) atoms. The van der Waals surface area contributed by atoms with E-state index in [1.165, 1.54) is 17.7 Å². The summed E-state index contributed by atoms with van der Waals surface area (Å²) in [7, 11) is 0. The van der Waals surface area contributed by atoms with E-state index in [1.54, 1.807) is 0 Å². The monoisotopic (exact) mass is 207 g/mol. The van der Waals surface area contributed by atoms with Gasteiger partial charge in [-0.25, -0.2) is 0 Å². The van der Waals surface area contributed by atoms with Gasteiger partial charge in [-0.05, 0) is 31.0 Å². The van der Waals surface area contributed by atoms with E-state index >= 15 is 0 Å². The number of nitrogens with one attached hydrogen (secondary N) is 1. The molecule has 0 heterocycles. The summed E-state index contributed by atoms with van der Waals surface area (Å²) in [4.78, 5) is 0. The van der Waals surface area contributed by atoms with Crippen molar-refractivity contribution < 1.29 is 4.74 Å². The number of rotatable bonds is 7. The van der Waals surface area contributed by atoms with Gasteiger partial charge in [-0.2, -0.15) is 0 Å². The average molecular weight is 207 g/mol. The molecule has 0 aliphatic heterocycles. The van der Waals surface area contributed by atoms with Gasteiger partial charge in [-0.1, -0.05) is 25.5 Å². The summed E-state index contributed by atoms with van der Waals surface area (Å²) in [6.45, 7) is 6.82. The Bertz CT molecular complexity index is 273. The SMILES string of the molecule is CCCCOCCNc1cccc(C)c1. The van der Waals surface area contributed by atoms with Crippen LogP contribution in [-0.4, -0.2) is 19.8 Å². The van der Waals surface area contributed by atoms with E-state index in [2.05, 4.69) is 43.4 Å². The lowest BCUT2D eigenvalue weighted by molar-refractivity contribution is 0.141. The van der Waals surface area contributed by atoms with Crippen LogP contribution >= 0.6 is 0 Å². The average Bonchev–Trinajstić information content (AvgIpc) is 2.23. The molecule has 0 saturated heterocycles. The van der Waals surface area contributed by atoms with Gasteiger partial charge in [0.25, 0.3) is 0 Å². The molecule has 0 spiro atoms. The number of anilines is 1. The van der Waals surface area contributed by atoms with Gasteiger partial charge >= 0.3 is 0 Å². The summed E-state index contributed by atoms with van der Waals surface area (Å²) >= 11 is 0. The smallest absolute Gasteiger partial charge is 0.0639 e. The second-order valence-corrected chi connectivity index (χ2v) is 3.76. The quantitative estimate of drug-likeness (QED) is 0.693. The first-order valence-corrected chi connectivity index (χ1v) is 5.71. The molecule has 1 aromatic rings. The standard InChI is InChI=1S/C13H21NO/c1-3-4-9-15-10-8-14-13-7-5-6-12(2)11-13/h5-7,11,14H,3-4,8-10H2,1-2H3. The molecule has 0 aliphatic rings. The van der Waals surface area contributed by atoms with E-state index in [-0.39, 0.29) is 0 Å². The zero-order chi connectivity index (χ0) is 10.9. The molecule has 0 aliphatic carbocycles. The van der Waals surface area contributed by atoms with Crippen LogP contribution in [0.5, 0.6) is 0 Å². The van der Waals surface area contributed by atoms with Gasteiger partial charge in [-0.15, -0.1) is 0 Å². The first-order valence-electron chi connectivity index (χ1n) is 5.71. The van der Waals surface area contributed by atoms with Crippen molar-refractivity contribution in [3.05, 3.63) is 29.8 Å². The topological polar surface area (TPSA) is 21.3 Å².